The van der Waals surface area contributed by atoms with Crippen LogP contribution in [0.25, 0.3) is 0 Å². The fraction of sp³-hybridized carbons (Fsp3) is 0.550. The predicted molar refractivity (Wildman–Crippen MR) is 96.6 cm³/mol. The third-order valence-electron chi connectivity index (χ3n) is 4.09. The highest BCUT2D eigenvalue weighted by atomic mass is 16.6. The lowest BCUT2D eigenvalue weighted by Gasteiger charge is -2.17. The van der Waals surface area contributed by atoms with E-state index in [2.05, 4.69) is 0 Å². The van der Waals surface area contributed by atoms with Crippen LogP contribution >= 0.6 is 0 Å². The first kappa shape index (κ1) is 20.4. The van der Waals surface area contributed by atoms with E-state index >= 15 is 0 Å². The van der Waals surface area contributed by atoms with E-state index < -0.39 is 0 Å². The minimum absolute atomic E-state index is 0.0370. The van der Waals surface area contributed by atoms with Crippen molar-refractivity contribution in [1.29, 1.82) is 0 Å². The molecule has 1 heterocycles. The van der Waals surface area contributed by atoms with E-state index in [1.165, 1.54) is 0 Å². The van der Waals surface area contributed by atoms with Crippen molar-refractivity contribution in [2.75, 3.05) is 6.61 Å². The number of aliphatic hydroxyl groups excluding tert-OH is 1. The minimum atomic E-state index is -0.293. The Bertz CT molecular complexity index is 564. The molecule has 0 amide bonds. The van der Waals surface area contributed by atoms with Crippen molar-refractivity contribution in [2.24, 2.45) is 0 Å². The van der Waals surface area contributed by atoms with E-state index in [4.69, 9.17) is 14.6 Å². The lowest BCUT2D eigenvalue weighted by molar-refractivity contribution is -0.145. The van der Waals surface area contributed by atoms with Gasteiger partial charge in [-0.1, -0.05) is 41.5 Å². The molecule has 0 aromatic heterocycles. The zero-order valence-electron chi connectivity index (χ0n) is 15.6. The highest BCUT2D eigenvalue weighted by molar-refractivity contribution is 5.87. The first-order valence-corrected chi connectivity index (χ1v) is 8.34. The number of esters is 1. The smallest absolute Gasteiger partial charge is 0.333 e. The fourth-order valence-electron chi connectivity index (χ4n) is 2.34. The maximum atomic E-state index is 12.1. The molecule has 24 heavy (non-hydrogen) atoms. The molecule has 4 heteroatoms. The van der Waals surface area contributed by atoms with Gasteiger partial charge in [-0.25, -0.2) is 4.79 Å². The number of hydrogen-bond acceptors (Lipinski definition) is 4. The molecule has 0 aromatic carbocycles. The van der Waals surface area contributed by atoms with Crippen LogP contribution in [0.4, 0.5) is 0 Å². The van der Waals surface area contributed by atoms with Crippen molar-refractivity contribution >= 4 is 5.97 Å². The number of aliphatic hydroxyl groups is 1. The van der Waals surface area contributed by atoms with E-state index in [0.717, 1.165) is 11.1 Å². The van der Waals surface area contributed by atoms with Crippen LogP contribution in [-0.2, 0) is 14.3 Å². The van der Waals surface area contributed by atoms with E-state index in [0.29, 0.717) is 12.0 Å². The molecule has 0 aliphatic carbocycles. The second-order valence-electron chi connectivity index (χ2n) is 6.76. The van der Waals surface area contributed by atoms with Gasteiger partial charge in [0.05, 0.1) is 12.2 Å². The summed E-state index contributed by atoms with van der Waals surface area (Å²) < 4.78 is 11.3. The summed E-state index contributed by atoms with van der Waals surface area (Å²) in [5, 5.41) is 8.84. The van der Waals surface area contributed by atoms with Gasteiger partial charge < -0.3 is 14.6 Å². The number of rotatable bonds is 8. The molecule has 0 spiro atoms. The molecule has 0 bridgehead atoms. The lowest BCUT2D eigenvalue weighted by Crippen LogP contribution is -2.28. The molecular formula is C20H30O4. The van der Waals surface area contributed by atoms with Crippen molar-refractivity contribution in [2.45, 2.75) is 65.8 Å². The SMILES string of the molecule is C/C=C(/C)C(=O)O[C@H](C/C(C)=C/C=C/C(C)=C/CO)[C@H]1OC1(C)C. The summed E-state index contributed by atoms with van der Waals surface area (Å²) in [6.07, 6.45) is 9.62. The van der Waals surface area contributed by atoms with Crippen LogP contribution in [0, 0.1) is 0 Å². The van der Waals surface area contributed by atoms with Gasteiger partial charge in [0, 0.05) is 12.0 Å². The van der Waals surface area contributed by atoms with Crippen LogP contribution in [0.15, 0.2) is 47.1 Å². The van der Waals surface area contributed by atoms with Gasteiger partial charge in [-0.05, 0) is 41.5 Å². The number of allylic oxidation sites excluding steroid dienone is 5. The van der Waals surface area contributed by atoms with Gasteiger partial charge in [0.2, 0.25) is 0 Å². The fourth-order valence-corrected chi connectivity index (χ4v) is 2.34. The molecule has 1 fully saturated rings. The molecule has 4 nitrogen and oxygen atoms in total. The summed E-state index contributed by atoms with van der Waals surface area (Å²) in [4.78, 5) is 12.1. The first-order valence-electron chi connectivity index (χ1n) is 8.34. The third-order valence-corrected chi connectivity index (χ3v) is 4.09. The van der Waals surface area contributed by atoms with Gasteiger partial charge in [0.25, 0.3) is 0 Å². The summed E-state index contributed by atoms with van der Waals surface area (Å²) in [5.41, 5.74) is 2.46. The summed E-state index contributed by atoms with van der Waals surface area (Å²) in [7, 11) is 0. The standard InChI is InChI=1S/C20H30O4/c1-7-16(4)19(22)23-17(18-20(5,6)24-18)13-15(3)10-8-9-14(2)11-12-21/h7-11,17-18,21H,12-13H2,1-6H3/b9-8+,14-11+,15-10+,16-7-/t17-,18-/m1/s1. The quantitative estimate of drug-likeness (QED) is 0.317. The Kier molecular flexibility index (Phi) is 7.64. The second kappa shape index (κ2) is 9.00. The van der Waals surface area contributed by atoms with Crippen LogP contribution < -0.4 is 0 Å². The van der Waals surface area contributed by atoms with Crippen LogP contribution in [-0.4, -0.2) is 35.5 Å². The second-order valence-corrected chi connectivity index (χ2v) is 6.76. The van der Waals surface area contributed by atoms with Crippen LogP contribution in [0.3, 0.4) is 0 Å². The predicted octanol–water partition coefficient (Wildman–Crippen LogP) is 3.87. The Labute approximate surface area is 145 Å². The molecule has 1 saturated heterocycles. The molecule has 134 valence electrons. The monoisotopic (exact) mass is 334 g/mol. The molecule has 2 atom stereocenters. The third kappa shape index (κ3) is 6.46. The maximum Gasteiger partial charge on any atom is 0.333 e. The van der Waals surface area contributed by atoms with Crippen molar-refractivity contribution in [1.82, 2.24) is 0 Å². The number of epoxide rings is 1. The van der Waals surface area contributed by atoms with Crippen molar-refractivity contribution < 1.29 is 19.4 Å². The molecule has 1 rings (SSSR count). The van der Waals surface area contributed by atoms with Crippen molar-refractivity contribution in [3.8, 4) is 0 Å². The zero-order chi connectivity index (χ0) is 18.3. The normalized spacial score (nSPS) is 22.6. The Morgan fingerprint density at radius 2 is 1.96 bits per heavy atom. The average Bonchev–Trinajstić information content (AvgIpc) is 3.14. The van der Waals surface area contributed by atoms with E-state index in [-0.39, 0.29) is 30.4 Å². The van der Waals surface area contributed by atoms with Gasteiger partial charge in [0.15, 0.2) is 0 Å². The molecular weight excluding hydrogens is 304 g/mol. The molecule has 0 unspecified atom stereocenters. The largest absolute Gasteiger partial charge is 0.456 e. The lowest BCUT2D eigenvalue weighted by atomic mass is 9.99. The Morgan fingerprint density at radius 3 is 2.46 bits per heavy atom. The molecule has 0 aromatic rings. The van der Waals surface area contributed by atoms with Gasteiger partial charge in [-0.3, -0.25) is 0 Å². The minimum Gasteiger partial charge on any atom is -0.456 e. The highest BCUT2D eigenvalue weighted by Crippen LogP contribution is 2.40. The van der Waals surface area contributed by atoms with Crippen LogP contribution in [0.2, 0.25) is 0 Å². The van der Waals surface area contributed by atoms with Crippen molar-refractivity contribution in [3.05, 3.63) is 47.1 Å². The van der Waals surface area contributed by atoms with Gasteiger partial charge in [-0.15, -0.1) is 0 Å². The Balaban J connectivity index is 2.75. The van der Waals surface area contributed by atoms with Crippen LogP contribution in [0.1, 0.15) is 48.0 Å². The van der Waals surface area contributed by atoms with E-state index in [9.17, 15) is 4.79 Å². The Morgan fingerprint density at radius 1 is 1.33 bits per heavy atom. The van der Waals surface area contributed by atoms with Gasteiger partial charge in [-0.2, -0.15) is 0 Å². The van der Waals surface area contributed by atoms with Gasteiger partial charge in [0.1, 0.15) is 12.2 Å². The number of ether oxygens (including phenoxy) is 2. The molecule has 0 radical (unpaired) electrons. The van der Waals surface area contributed by atoms with Crippen LogP contribution in [0.5, 0.6) is 0 Å². The Hall–Kier alpha value is -1.65. The van der Waals surface area contributed by atoms with E-state index in [1.54, 1.807) is 19.1 Å². The first-order chi connectivity index (χ1) is 11.2. The summed E-state index contributed by atoms with van der Waals surface area (Å²) >= 11 is 0. The summed E-state index contributed by atoms with van der Waals surface area (Å²) in [6.45, 7) is 11.6. The highest BCUT2D eigenvalue weighted by Gasteiger charge is 2.54. The molecule has 0 saturated carbocycles. The summed E-state index contributed by atoms with van der Waals surface area (Å²) in [5.74, 6) is -0.293. The molecule has 1 aliphatic heterocycles. The number of carbonyl (C=O) groups is 1. The molecule has 1 N–H and O–H groups in total. The number of carbonyl (C=O) groups excluding carboxylic acids is 1. The summed E-state index contributed by atoms with van der Waals surface area (Å²) in [6, 6.07) is 0. The maximum absolute atomic E-state index is 12.1. The average molecular weight is 334 g/mol. The van der Waals surface area contributed by atoms with Crippen molar-refractivity contribution in [3.63, 3.8) is 0 Å². The zero-order valence-corrected chi connectivity index (χ0v) is 15.6. The topological polar surface area (TPSA) is 59.1 Å². The van der Waals surface area contributed by atoms with Gasteiger partial charge >= 0.3 is 5.97 Å². The van der Waals surface area contributed by atoms with E-state index in [1.807, 2.05) is 52.8 Å². The molecule has 1 aliphatic rings. The number of hydrogen-bond donors (Lipinski definition) is 1.